The molecule has 0 saturated heterocycles. The van der Waals surface area contributed by atoms with Gasteiger partial charge in [-0.2, -0.15) is 0 Å². The van der Waals surface area contributed by atoms with Crippen LogP contribution >= 0.6 is 0 Å². The Hall–Kier alpha value is -3.62. The molecule has 3 N–H and O–H groups in total. The second-order valence-corrected chi connectivity index (χ2v) is 9.56. The van der Waals surface area contributed by atoms with E-state index in [1.165, 1.54) is 18.2 Å². The number of aliphatic hydroxyl groups excluding tert-OH is 1. The summed E-state index contributed by atoms with van der Waals surface area (Å²) in [6.45, 7) is 4.99. The number of rotatable bonds is 12. The molecule has 0 radical (unpaired) electrons. The van der Waals surface area contributed by atoms with Crippen LogP contribution in [-0.2, 0) is 13.0 Å². The Bertz CT molecular complexity index is 1220. The molecule has 0 aromatic heterocycles. The van der Waals surface area contributed by atoms with Crippen LogP contribution < -0.4 is 10.6 Å². The van der Waals surface area contributed by atoms with Gasteiger partial charge in [0, 0.05) is 43.9 Å². The molecule has 38 heavy (non-hydrogen) atoms. The van der Waals surface area contributed by atoms with Crippen molar-refractivity contribution >= 4 is 11.8 Å². The van der Waals surface area contributed by atoms with Crippen LogP contribution in [0.2, 0.25) is 0 Å². The third-order valence-corrected chi connectivity index (χ3v) is 6.18. The Morgan fingerprint density at radius 1 is 0.947 bits per heavy atom. The van der Waals surface area contributed by atoms with E-state index in [0.29, 0.717) is 24.2 Å². The van der Waals surface area contributed by atoms with E-state index in [0.717, 1.165) is 23.6 Å². The van der Waals surface area contributed by atoms with E-state index in [1.807, 2.05) is 37.3 Å². The highest BCUT2D eigenvalue weighted by Crippen LogP contribution is 2.15. The second-order valence-electron chi connectivity index (χ2n) is 9.56. The van der Waals surface area contributed by atoms with Gasteiger partial charge in [0.1, 0.15) is 11.6 Å². The van der Waals surface area contributed by atoms with Gasteiger partial charge in [0.15, 0.2) is 0 Å². The van der Waals surface area contributed by atoms with E-state index in [4.69, 9.17) is 0 Å². The molecular weight excluding hydrogens is 488 g/mol. The maximum Gasteiger partial charge on any atom is 0.253 e. The molecule has 6 nitrogen and oxygen atoms in total. The van der Waals surface area contributed by atoms with Crippen LogP contribution in [0.15, 0.2) is 66.7 Å². The van der Waals surface area contributed by atoms with Gasteiger partial charge in [-0.3, -0.25) is 9.59 Å². The van der Waals surface area contributed by atoms with Crippen molar-refractivity contribution < 1.29 is 23.5 Å². The number of aryl methyl sites for hydroxylation is 1. The van der Waals surface area contributed by atoms with Crippen LogP contribution in [0, 0.1) is 18.6 Å². The van der Waals surface area contributed by atoms with Crippen molar-refractivity contribution in [2.45, 2.75) is 45.4 Å². The highest BCUT2D eigenvalue weighted by atomic mass is 19.1. The zero-order valence-corrected chi connectivity index (χ0v) is 22.0. The summed E-state index contributed by atoms with van der Waals surface area (Å²) >= 11 is 0. The minimum atomic E-state index is -1.06. The molecule has 3 aromatic rings. The first-order chi connectivity index (χ1) is 18.2. The first-order valence-electron chi connectivity index (χ1n) is 12.7. The maximum atomic E-state index is 13.8. The summed E-state index contributed by atoms with van der Waals surface area (Å²) in [6, 6.07) is 16.8. The molecule has 202 valence electrons. The number of benzene rings is 3. The predicted molar refractivity (Wildman–Crippen MR) is 144 cm³/mol. The number of aliphatic hydroxyl groups is 1. The Morgan fingerprint density at radius 2 is 1.61 bits per heavy atom. The Kier molecular flexibility index (Phi) is 10.5. The van der Waals surface area contributed by atoms with Gasteiger partial charge >= 0.3 is 0 Å². The third-order valence-electron chi connectivity index (χ3n) is 6.18. The number of nitrogens with zero attached hydrogens (tertiary/aromatic N) is 1. The SMILES string of the molecule is CCCN(C)C(=O)c1cc(C)cc(C(=O)N[C@@H](Cc2cc(F)cc(F)c2)[C@H](O)CNCc2ccccc2)c1. The fourth-order valence-electron chi connectivity index (χ4n) is 4.32. The number of hydrogen-bond donors (Lipinski definition) is 3. The van der Waals surface area contributed by atoms with Crippen molar-refractivity contribution in [1.82, 2.24) is 15.5 Å². The van der Waals surface area contributed by atoms with Gasteiger partial charge in [0.2, 0.25) is 0 Å². The highest BCUT2D eigenvalue weighted by Gasteiger charge is 2.24. The van der Waals surface area contributed by atoms with Crippen molar-refractivity contribution in [2.75, 3.05) is 20.1 Å². The van der Waals surface area contributed by atoms with Crippen molar-refractivity contribution in [3.8, 4) is 0 Å². The summed E-state index contributed by atoms with van der Waals surface area (Å²) in [5.74, 6) is -2.16. The van der Waals surface area contributed by atoms with Crippen LogP contribution in [-0.4, -0.2) is 54.1 Å². The van der Waals surface area contributed by atoms with Crippen LogP contribution in [0.25, 0.3) is 0 Å². The lowest BCUT2D eigenvalue weighted by Crippen LogP contribution is -2.48. The van der Waals surface area contributed by atoms with E-state index in [2.05, 4.69) is 10.6 Å². The van der Waals surface area contributed by atoms with Gasteiger partial charge in [-0.25, -0.2) is 8.78 Å². The Morgan fingerprint density at radius 3 is 2.26 bits per heavy atom. The standard InChI is InChI=1S/C30H35F2N3O3/c1-4-10-35(3)30(38)24-12-20(2)11-23(16-24)29(37)34-27(15-22-13-25(31)17-26(32)14-22)28(36)19-33-18-21-8-6-5-7-9-21/h5-9,11-14,16-17,27-28,33,36H,4,10,15,18-19H2,1-3H3,(H,34,37)/t27-,28+/m0/s1. The summed E-state index contributed by atoms with van der Waals surface area (Å²) < 4.78 is 27.7. The van der Waals surface area contributed by atoms with E-state index in [9.17, 15) is 23.5 Å². The van der Waals surface area contributed by atoms with Gasteiger partial charge in [-0.05, 0) is 66.8 Å². The summed E-state index contributed by atoms with van der Waals surface area (Å²) in [4.78, 5) is 27.7. The topological polar surface area (TPSA) is 81.7 Å². The van der Waals surface area contributed by atoms with Crippen molar-refractivity contribution in [3.63, 3.8) is 0 Å². The molecule has 3 rings (SSSR count). The first kappa shape index (κ1) is 28.9. The minimum Gasteiger partial charge on any atom is -0.390 e. The van der Waals surface area contributed by atoms with Crippen molar-refractivity contribution in [3.05, 3.63) is 106 Å². The maximum absolute atomic E-state index is 13.8. The fourth-order valence-corrected chi connectivity index (χ4v) is 4.32. The summed E-state index contributed by atoms with van der Waals surface area (Å²) in [5, 5.41) is 17.0. The molecule has 0 heterocycles. The average Bonchev–Trinajstić information content (AvgIpc) is 2.87. The zero-order chi connectivity index (χ0) is 27.7. The van der Waals surface area contributed by atoms with Gasteiger partial charge in [0.05, 0.1) is 12.1 Å². The first-order valence-corrected chi connectivity index (χ1v) is 12.7. The molecule has 0 aliphatic carbocycles. The van der Waals surface area contributed by atoms with Gasteiger partial charge in [-0.1, -0.05) is 37.3 Å². The number of carbonyl (C=O) groups excluding carboxylic acids is 2. The lowest BCUT2D eigenvalue weighted by Gasteiger charge is -2.25. The summed E-state index contributed by atoms with van der Waals surface area (Å²) in [7, 11) is 1.71. The van der Waals surface area contributed by atoms with Crippen LogP contribution in [0.4, 0.5) is 8.78 Å². The second kappa shape index (κ2) is 13.8. The molecule has 0 spiro atoms. The Labute approximate surface area is 222 Å². The zero-order valence-electron chi connectivity index (χ0n) is 22.0. The molecule has 0 saturated carbocycles. The smallest absolute Gasteiger partial charge is 0.253 e. The number of nitrogens with one attached hydrogen (secondary N) is 2. The van der Waals surface area contributed by atoms with E-state index in [-0.39, 0.29) is 24.4 Å². The van der Waals surface area contributed by atoms with Gasteiger partial charge < -0.3 is 20.6 Å². The molecule has 0 unspecified atom stereocenters. The van der Waals surface area contributed by atoms with Crippen LogP contribution in [0.3, 0.4) is 0 Å². The van der Waals surface area contributed by atoms with Crippen LogP contribution in [0.1, 0.15) is 50.8 Å². The largest absolute Gasteiger partial charge is 0.390 e. The molecular formula is C30H35F2N3O3. The number of carbonyl (C=O) groups is 2. The Balaban J connectivity index is 1.79. The van der Waals surface area contributed by atoms with E-state index >= 15 is 0 Å². The van der Waals surface area contributed by atoms with E-state index in [1.54, 1.807) is 31.0 Å². The highest BCUT2D eigenvalue weighted by molar-refractivity contribution is 6.00. The number of halogens is 2. The van der Waals surface area contributed by atoms with E-state index < -0.39 is 29.7 Å². The van der Waals surface area contributed by atoms with Crippen LogP contribution in [0.5, 0.6) is 0 Å². The quantitative estimate of drug-likeness (QED) is 0.332. The van der Waals surface area contributed by atoms with Gasteiger partial charge in [-0.15, -0.1) is 0 Å². The average molecular weight is 524 g/mol. The molecule has 2 atom stereocenters. The predicted octanol–water partition coefficient (Wildman–Crippen LogP) is 4.25. The molecule has 0 aliphatic rings. The molecule has 0 aliphatic heterocycles. The third kappa shape index (κ3) is 8.46. The summed E-state index contributed by atoms with van der Waals surface area (Å²) in [5.41, 5.74) is 2.71. The molecule has 0 bridgehead atoms. The molecule has 2 amide bonds. The van der Waals surface area contributed by atoms with Crippen molar-refractivity contribution in [1.29, 1.82) is 0 Å². The molecule has 8 heteroatoms. The lowest BCUT2D eigenvalue weighted by atomic mass is 9.99. The summed E-state index contributed by atoms with van der Waals surface area (Å²) in [6.07, 6.45) is -0.249. The monoisotopic (exact) mass is 523 g/mol. The number of amides is 2. The van der Waals surface area contributed by atoms with Crippen molar-refractivity contribution in [2.24, 2.45) is 0 Å². The fraction of sp³-hybridized carbons (Fsp3) is 0.333. The normalized spacial score (nSPS) is 12.6. The van der Waals surface area contributed by atoms with Gasteiger partial charge in [0.25, 0.3) is 11.8 Å². The minimum absolute atomic E-state index is 0.00540. The number of hydrogen-bond acceptors (Lipinski definition) is 4. The molecule has 3 aromatic carbocycles. The molecule has 0 fully saturated rings. The lowest BCUT2D eigenvalue weighted by molar-refractivity contribution is 0.0795.